The number of nitrogens with one attached hydrogen (secondary N) is 1. The number of aryl methyl sites for hydroxylation is 1. The van der Waals surface area contributed by atoms with E-state index in [2.05, 4.69) is 5.32 Å². The monoisotopic (exact) mass is 411 g/mol. The van der Waals surface area contributed by atoms with Gasteiger partial charge in [0.05, 0.1) is 10.6 Å². The van der Waals surface area contributed by atoms with Gasteiger partial charge in [0.25, 0.3) is 5.91 Å². The molecule has 3 aromatic carbocycles. The smallest absolute Gasteiger partial charge is 0.255 e. The topological polar surface area (TPSA) is 63.2 Å². The molecule has 0 unspecified atom stereocenters. The molecule has 0 saturated carbocycles. The standard InChI is InChI=1S/C23H22FNO3S/c1-16-13-20(11-12-22(16)24)25-23(26)19-9-6-10-21(14-19)29(27,28)15-17(2)18-7-4-3-5-8-18/h3-14,17H,15H2,1-2H3,(H,25,26)/t17-/m1/s1. The number of halogens is 1. The highest BCUT2D eigenvalue weighted by atomic mass is 32.2. The Morgan fingerprint density at radius 3 is 2.41 bits per heavy atom. The van der Waals surface area contributed by atoms with Crippen LogP contribution in [0.1, 0.15) is 34.3 Å². The van der Waals surface area contributed by atoms with Crippen molar-refractivity contribution in [3.63, 3.8) is 0 Å². The van der Waals surface area contributed by atoms with E-state index in [1.54, 1.807) is 19.1 Å². The molecule has 0 spiro atoms. The van der Waals surface area contributed by atoms with E-state index in [1.165, 1.54) is 30.3 Å². The summed E-state index contributed by atoms with van der Waals surface area (Å²) in [6, 6.07) is 19.6. The summed E-state index contributed by atoms with van der Waals surface area (Å²) in [5, 5.41) is 2.67. The quantitative estimate of drug-likeness (QED) is 0.623. The van der Waals surface area contributed by atoms with Crippen molar-refractivity contribution in [2.45, 2.75) is 24.7 Å². The van der Waals surface area contributed by atoms with E-state index < -0.39 is 15.7 Å². The summed E-state index contributed by atoms with van der Waals surface area (Å²) in [5.74, 6) is -1.05. The van der Waals surface area contributed by atoms with E-state index in [0.29, 0.717) is 11.3 Å². The second-order valence-corrected chi connectivity index (χ2v) is 9.07. The fourth-order valence-electron chi connectivity index (χ4n) is 3.06. The molecule has 3 aromatic rings. The van der Waals surface area contributed by atoms with Gasteiger partial charge in [-0.25, -0.2) is 12.8 Å². The number of sulfone groups is 1. The van der Waals surface area contributed by atoms with Gasteiger partial charge in [-0.1, -0.05) is 43.3 Å². The Morgan fingerprint density at radius 1 is 1.00 bits per heavy atom. The number of carbonyl (C=O) groups is 1. The Balaban J connectivity index is 1.78. The SMILES string of the molecule is Cc1cc(NC(=O)c2cccc(S(=O)(=O)C[C@@H](C)c3ccccc3)c2)ccc1F. The number of carbonyl (C=O) groups excluding carboxylic acids is 1. The van der Waals surface area contributed by atoms with Gasteiger partial charge in [0.2, 0.25) is 0 Å². The lowest BCUT2D eigenvalue weighted by atomic mass is 10.0. The van der Waals surface area contributed by atoms with Crippen LogP contribution >= 0.6 is 0 Å². The number of amides is 1. The summed E-state index contributed by atoms with van der Waals surface area (Å²) >= 11 is 0. The highest BCUT2D eigenvalue weighted by molar-refractivity contribution is 7.91. The van der Waals surface area contributed by atoms with Crippen molar-refractivity contribution in [2.24, 2.45) is 0 Å². The second-order valence-electron chi connectivity index (χ2n) is 7.04. The fraction of sp³-hybridized carbons (Fsp3) is 0.174. The minimum atomic E-state index is -3.58. The summed E-state index contributed by atoms with van der Waals surface area (Å²) in [7, 11) is -3.58. The zero-order valence-electron chi connectivity index (χ0n) is 16.2. The molecule has 4 nitrogen and oxygen atoms in total. The summed E-state index contributed by atoms with van der Waals surface area (Å²) in [6.45, 7) is 3.46. The summed E-state index contributed by atoms with van der Waals surface area (Å²) < 4.78 is 39.1. The van der Waals surface area contributed by atoms with Gasteiger partial charge in [0.15, 0.2) is 9.84 Å². The highest BCUT2D eigenvalue weighted by Gasteiger charge is 2.21. The van der Waals surface area contributed by atoms with Gasteiger partial charge in [0, 0.05) is 11.3 Å². The Hall–Kier alpha value is -2.99. The lowest BCUT2D eigenvalue weighted by Gasteiger charge is -2.13. The normalized spacial score (nSPS) is 12.4. The first-order valence-electron chi connectivity index (χ1n) is 9.21. The molecule has 0 heterocycles. The second kappa shape index (κ2) is 8.57. The average molecular weight is 411 g/mol. The summed E-state index contributed by atoms with van der Waals surface area (Å²) in [4.78, 5) is 12.6. The maximum absolute atomic E-state index is 13.4. The van der Waals surface area contributed by atoms with E-state index in [0.717, 1.165) is 5.56 Å². The van der Waals surface area contributed by atoms with Crippen molar-refractivity contribution in [1.82, 2.24) is 0 Å². The van der Waals surface area contributed by atoms with E-state index in [1.807, 2.05) is 37.3 Å². The molecule has 29 heavy (non-hydrogen) atoms. The van der Waals surface area contributed by atoms with E-state index in [4.69, 9.17) is 0 Å². The van der Waals surface area contributed by atoms with Crippen molar-refractivity contribution >= 4 is 21.4 Å². The molecule has 1 N–H and O–H groups in total. The molecule has 3 rings (SSSR count). The minimum Gasteiger partial charge on any atom is -0.322 e. The Kier molecular flexibility index (Phi) is 6.13. The van der Waals surface area contributed by atoms with Crippen LogP contribution in [0, 0.1) is 12.7 Å². The van der Waals surface area contributed by atoms with E-state index >= 15 is 0 Å². The van der Waals surface area contributed by atoms with Crippen molar-refractivity contribution in [1.29, 1.82) is 0 Å². The zero-order chi connectivity index (χ0) is 21.0. The number of benzene rings is 3. The summed E-state index contributed by atoms with van der Waals surface area (Å²) in [5.41, 5.74) is 2.02. The molecule has 0 aliphatic carbocycles. The first-order chi connectivity index (χ1) is 13.8. The molecule has 0 saturated heterocycles. The molecular weight excluding hydrogens is 389 g/mol. The van der Waals surface area contributed by atoms with Crippen LogP contribution in [0.15, 0.2) is 77.7 Å². The molecule has 0 bridgehead atoms. The molecule has 0 aliphatic rings. The Bertz CT molecular complexity index is 1130. The third-order valence-corrected chi connectivity index (χ3v) is 6.62. The maximum atomic E-state index is 13.4. The summed E-state index contributed by atoms with van der Waals surface area (Å²) in [6.07, 6.45) is 0. The van der Waals surface area contributed by atoms with Gasteiger partial charge in [-0.05, 0) is 60.4 Å². The zero-order valence-corrected chi connectivity index (χ0v) is 17.0. The van der Waals surface area contributed by atoms with Crippen molar-refractivity contribution in [3.8, 4) is 0 Å². The Morgan fingerprint density at radius 2 is 1.72 bits per heavy atom. The van der Waals surface area contributed by atoms with Crippen LogP contribution in [-0.2, 0) is 9.84 Å². The number of rotatable bonds is 6. The number of anilines is 1. The third-order valence-electron chi connectivity index (χ3n) is 4.71. The minimum absolute atomic E-state index is 0.0563. The van der Waals surface area contributed by atoms with Crippen LogP contribution in [0.5, 0.6) is 0 Å². The van der Waals surface area contributed by atoms with E-state index in [-0.39, 0.29) is 27.9 Å². The van der Waals surface area contributed by atoms with Crippen molar-refractivity contribution in [3.05, 3.63) is 95.3 Å². The van der Waals surface area contributed by atoms with Crippen molar-refractivity contribution < 1.29 is 17.6 Å². The lowest BCUT2D eigenvalue weighted by Crippen LogP contribution is -2.15. The molecule has 0 radical (unpaired) electrons. The number of hydrogen-bond acceptors (Lipinski definition) is 3. The maximum Gasteiger partial charge on any atom is 0.255 e. The van der Waals surface area contributed by atoms with Gasteiger partial charge in [-0.2, -0.15) is 0 Å². The van der Waals surface area contributed by atoms with Crippen LogP contribution in [0.25, 0.3) is 0 Å². The third kappa shape index (κ3) is 5.09. The average Bonchev–Trinajstić information content (AvgIpc) is 2.71. The molecule has 0 aromatic heterocycles. The molecule has 6 heteroatoms. The van der Waals surface area contributed by atoms with Crippen LogP contribution in [0.2, 0.25) is 0 Å². The molecule has 150 valence electrons. The fourth-order valence-corrected chi connectivity index (χ4v) is 4.70. The highest BCUT2D eigenvalue weighted by Crippen LogP contribution is 2.23. The van der Waals surface area contributed by atoms with Gasteiger partial charge in [-0.3, -0.25) is 4.79 Å². The van der Waals surface area contributed by atoms with Gasteiger partial charge in [-0.15, -0.1) is 0 Å². The largest absolute Gasteiger partial charge is 0.322 e. The van der Waals surface area contributed by atoms with Gasteiger partial charge < -0.3 is 5.32 Å². The van der Waals surface area contributed by atoms with Crippen LogP contribution < -0.4 is 5.32 Å². The molecule has 0 fully saturated rings. The molecule has 1 amide bonds. The Labute approximate surface area is 170 Å². The predicted octanol–water partition coefficient (Wildman–Crippen LogP) is 4.96. The first kappa shape index (κ1) is 20.7. The molecule has 1 atom stereocenters. The van der Waals surface area contributed by atoms with Crippen molar-refractivity contribution in [2.75, 3.05) is 11.1 Å². The molecule has 0 aliphatic heterocycles. The van der Waals surface area contributed by atoms with Crippen LogP contribution in [-0.4, -0.2) is 20.1 Å². The van der Waals surface area contributed by atoms with Gasteiger partial charge >= 0.3 is 0 Å². The van der Waals surface area contributed by atoms with Crippen LogP contribution in [0.4, 0.5) is 10.1 Å². The predicted molar refractivity (Wildman–Crippen MR) is 112 cm³/mol. The van der Waals surface area contributed by atoms with Crippen LogP contribution in [0.3, 0.4) is 0 Å². The van der Waals surface area contributed by atoms with Gasteiger partial charge in [0.1, 0.15) is 5.82 Å². The van der Waals surface area contributed by atoms with E-state index in [9.17, 15) is 17.6 Å². The lowest BCUT2D eigenvalue weighted by molar-refractivity contribution is 0.102. The number of hydrogen-bond donors (Lipinski definition) is 1. The molecular formula is C23H22FNO3S. The first-order valence-corrected chi connectivity index (χ1v) is 10.9.